The lowest BCUT2D eigenvalue weighted by atomic mass is 10.0. The van der Waals surface area contributed by atoms with Crippen molar-refractivity contribution in [1.29, 1.82) is 0 Å². The Bertz CT molecular complexity index is 690. The van der Waals surface area contributed by atoms with Crippen LogP contribution in [0.4, 0.5) is 0 Å². The molecule has 2 heterocycles. The second-order valence-electron chi connectivity index (χ2n) is 6.12. The molecule has 0 radical (unpaired) electrons. The third-order valence-corrected chi connectivity index (χ3v) is 3.70. The molecule has 0 spiro atoms. The molecule has 8 heteroatoms. The van der Waals surface area contributed by atoms with Gasteiger partial charge >= 0.3 is 0 Å². The van der Waals surface area contributed by atoms with Gasteiger partial charge in [0, 0.05) is 18.3 Å². The van der Waals surface area contributed by atoms with Crippen LogP contribution in [-0.4, -0.2) is 35.7 Å². The van der Waals surface area contributed by atoms with E-state index in [0.29, 0.717) is 37.3 Å². The lowest BCUT2D eigenvalue weighted by molar-refractivity contribution is 0.0386. The fraction of sp³-hybridized carbons (Fsp3) is 0.474. The number of hydrogen-bond donors (Lipinski definition) is 3. The zero-order chi connectivity index (χ0) is 18.8. The average Bonchev–Trinajstić information content (AvgIpc) is 3.19. The number of ether oxygens (including phenoxy) is 1. The van der Waals surface area contributed by atoms with E-state index >= 15 is 0 Å². The molecule has 0 amide bonds. The molecule has 0 aliphatic heterocycles. The molecule has 0 saturated heterocycles. The molecule has 1 atom stereocenters. The lowest BCUT2D eigenvalue weighted by Crippen LogP contribution is -2.44. The van der Waals surface area contributed by atoms with Gasteiger partial charge in [-0.1, -0.05) is 13.0 Å². The van der Waals surface area contributed by atoms with Crippen LogP contribution in [0.25, 0.3) is 0 Å². The molecule has 2 aromatic heterocycles. The largest absolute Gasteiger partial charge is 0.477 e. The van der Waals surface area contributed by atoms with Crippen LogP contribution in [0.2, 0.25) is 0 Å². The van der Waals surface area contributed by atoms with E-state index in [0.717, 1.165) is 12.0 Å². The number of aromatic nitrogens is 1. The van der Waals surface area contributed by atoms with Crippen LogP contribution in [0.5, 0.6) is 5.88 Å². The lowest BCUT2D eigenvalue weighted by Gasteiger charge is -2.22. The number of nitrogens with zero attached hydrogens (tertiary/aromatic N) is 2. The first-order valence-corrected chi connectivity index (χ1v) is 8.92. The van der Waals surface area contributed by atoms with Gasteiger partial charge in [0.1, 0.15) is 11.4 Å². The first-order valence-electron chi connectivity index (χ1n) is 8.92. The Balaban J connectivity index is 0.00000364. The van der Waals surface area contributed by atoms with E-state index in [1.165, 1.54) is 0 Å². The Morgan fingerprint density at radius 3 is 2.78 bits per heavy atom. The highest BCUT2D eigenvalue weighted by molar-refractivity contribution is 14.0. The molecule has 0 fully saturated rings. The first-order chi connectivity index (χ1) is 12.6. The van der Waals surface area contributed by atoms with Gasteiger partial charge in [-0.25, -0.2) is 9.98 Å². The highest BCUT2D eigenvalue weighted by Crippen LogP contribution is 2.20. The van der Waals surface area contributed by atoms with Crippen molar-refractivity contribution in [3.05, 3.63) is 48.0 Å². The zero-order valence-corrected chi connectivity index (χ0v) is 18.4. The van der Waals surface area contributed by atoms with E-state index in [-0.39, 0.29) is 30.5 Å². The highest BCUT2D eigenvalue weighted by atomic mass is 127. The normalized spacial score (nSPS) is 13.4. The number of rotatable bonds is 9. The van der Waals surface area contributed by atoms with Gasteiger partial charge in [0.15, 0.2) is 5.96 Å². The predicted octanol–water partition coefficient (Wildman–Crippen LogP) is 3.04. The molecule has 150 valence electrons. The van der Waals surface area contributed by atoms with Crippen LogP contribution in [0.3, 0.4) is 0 Å². The van der Waals surface area contributed by atoms with E-state index in [1.807, 2.05) is 19.1 Å². The molecule has 0 aromatic carbocycles. The van der Waals surface area contributed by atoms with Gasteiger partial charge in [-0.05, 0) is 38.5 Å². The third kappa shape index (κ3) is 7.37. The van der Waals surface area contributed by atoms with Crippen molar-refractivity contribution in [2.24, 2.45) is 4.99 Å². The van der Waals surface area contributed by atoms with Crippen molar-refractivity contribution in [3.63, 3.8) is 0 Å². The summed E-state index contributed by atoms with van der Waals surface area (Å²) in [7, 11) is 0. The maximum atomic E-state index is 10.5. The summed E-state index contributed by atoms with van der Waals surface area (Å²) in [5.74, 6) is 1.71. The van der Waals surface area contributed by atoms with Crippen molar-refractivity contribution in [2.45, 2.75) is 39.3 Å². The number of nitrogens with one attached hydrogen (secondary N) is 2. The van der Waals surface area contributed by atoms with Crippen molar-refractivity contribution in [3.8, 4) is 5.88 Å². The van der Waals surface area contributed by atoms with Crippen LogP contribution < -0.4 is 15.4 Å². The molecule has 0 aliphatic carbocycles. The number of pyridine rings is 1. The van der Waals surface area contributed by atoms with Gasteiger partial charge in [0.05, 0.1) is 26.0 Å². The summed E-state index contributed by atoms with van der Waals surface area (Å²) in [4.78, 5) is 8.84. The van der Waals surface area contributed by atoms with E-state index < -0.39 is 5.60 Å². The van der Waals surface area contributed by atoms with Crippen LogP contribution in [0.1, 0.15) is 38.5 Å². The fourth-order valence-electron chi connectivity index (χ4n) is 2.31. The van der Waals surface area contributed by atoms with Gasteiger partial charge in [0.25, 0.3) is 0 Å². The molecular weight excluding hydrogens is 459 g/mol. The second kappa shape index (κ2) is 11.8. The minimum atomic E-state index is -1.14. The Morgan fingerprint density at radius 1 is 1.30 bits per heavy atom. The Labute approximate surface area is 177 Å². The monoisotopic (exact) mass is 488 g/mol. The summed E-state index contributed by atoms with van der Waals surface area (Å²) in [6, 6.07) is 7.32. The smallest absolute Gasteiger partial charge is 0.218 e. The van der Waals surface area contributed by atoms with E-state index in [9.17, 15) is 5.11 Å². The first kappa shape index (κ1) is 23.2. The van der Waals surface area contributed by atoms with Crippen molar-refractivity contribution < 1.29 is 14.3 Å². The standard InChI is InChI=1S/C19H28N4O3.HI/c1-4-11-26-17-15(8-6-10-21-17)13-22-18(20-5-2)23-14-19(3,24)16-9-7-12-25-16;/h6-10,12,24H,4-5,11,13-14H2,1-3H3,(H2,20,22,23);1H. The summed E-state index contributed by atoms with van der Waals surface area (Å²) in [6.07, 6.45) is 4.18. The maximum Gasteiger partial charge on any atom is 0.218 e. The number of furan rings is 1. The number of aliphatic imine (C=N–C) groups is 1. The molecule has 3 N–H and O–H groups in total. The predicted molar refractivity (Wildman–Crippen MR) is 117 cm³/mol. The third-order valence-electron chi connectivity index (χ3n) is 3.70. The minimum absolute atomic E-state index is 0. The molecule has 0 bridgehead atoms. The summed E-state index contributed by atoms with van der Waals surface area (Å²) in [5, 5.41) is 16.9. The van der Waals surface area contributed by atoms with Crippen molar-refractivity contribution in [1.82, 2.24) is 15.6 Å². The topological polar surface area (TPSA) is 91.9 Å². The molecule has 1 unspecified atom stereocenters. The van der Waals surface area contributed by atoms with Gasteiger partial charge in [0.2, 0.25) is 5.88 Å². The summed E-state index contributed by atoms with van der Waals surface area (Å²) >= 11 is 0. The molecule has 2 rings (SSSR count). The van der Waals surface area contributed by atoms with Crippen LogP contribution >= 0.6 is 24.0 Å². The zero-order valence-electron chi connectivity index (χ0n) is 16.1. The Morgan fingerprint density at radius 2 is 2.11 bits per heavy atom. The summed E-state index contributed by atoms with van der Waals surface area (Å²) in [6.45, 7) is 7.75. The minimum Gasteiger partial charge on any atom is -0.477 e. The number of hydrogen-bond acceptors (Lipinski definition) is 5. The van der Waals surface area contributed by atoms with Crippen molar-refractivity contribution >= 4 is 29.9 Å². The van der Waals surface area contributed by atoms with Gasteiger partial charge in [-0.15, -0.1) is 24.0 Å². The van der Waals surface area contributed by atoms with Crippen LogP contribution in [0.15, 0.2) is 46.1 Å². The second-order valence-corrected chi connectivity index (χ2v) is 6.12. The van der Waals surface area contributed by atoms with Crippen LogP contribution in [0, 0.1) is 0 Å². The van der Waals surface area contributed by atoms with Gasteiger partial charge in [-0.2, -0.15) is 0 Å². The van der Waals surface area contributed by atoms with E-state index in [2.05, 4.69) is 27.5 Å². The summed E-state index contributed by atoms with van der Waals surface area (Å²) < 4.78 is 11.0. The highest BCUT2D eigenvalue weighted by Gasteiger charge is 2.26. The molecule has 0 saturated carbocycles. The number of guanidine groups is 1. The van der Waals surface area contributed by atoms with Gasteiger partial charge in [-0.3, -0.25) is 0 Å². The van der Waals surface area contributed by atoms with Crippen molar-refractivity contribution in [2.75, 3.05) is 19.7 Å². The molecule has 7 nitrogen and oxygen atoms in total. The molecular formula is C19H29IN4O3. The Hall–Kier alpha value is -1.81. The number of halogens is 1. The number of aliphatic hydroxyl groups is 1. The van der Waals surface area contributed by atoms with E-state index in [1.54, 1.807) is 31.5 Å². The SMILES string of the molecule is CCCOc1ncccc1CN=C(NCC)NCC(C)(O)c1ccco1.I. The quantitative estimate of drug-likeness (QED) is 0.286. The average molecular weight is 488 g/mol. The maximum absolute atomic E-state index is 10.5. The van der Waals surface area contributed by atoms with Crippen LogP contribution in [-0.2, 0) is 12.1 Å². The summed E-state index contributed by atoms with van der Waals surface area (Å²) in [5.41, 5.74) is -0.223. The molecule has 27 heavy (non-hydrogen) atoms. The fourth-order valence-corrected chi connectivity index (χ4v) is 2.31. The van der Waals surface area contributed by atoms with Gasteiger partial charge < -0.3 is 24.9 Å². The molecule has 2 aromatic rings. The van der Waals surface area contributed by atoms with E-state index in [4.69, 9.17) is 9.15 Å². The molecule has 0 aliphatic rings. The Kier molecular flexibility index (Phi) is 10.2.